The molecule has 2 rings (SSSR count). The summed E-state index contributed by atoms with van der Waals surface area (Å²) in [6.07, 6.45) is 4.32. The highest BCUT2D eigenvalue weighted by Crippen LogP contribution is 2.28. The summed E-state index contributed by atoms with van der Waals surface area (Å²) in [4.78, 5) is 5.22. The van der Waals surface area contributed by atoms with E-state index >= 15 is 0 Å². The van der Waals surface area contributed by atoms with Crippen molar-refractivity contribution in [3.05, 3.63) is 0 Å². The van der Waals surface area contributed by atoms with Crippen LogP contribution in [0.5, 0.6) is 0 Å². The molecule has 1 saturated heterocycles. The van der Waals surface area contributed by atoms with E-state index in [9.17, 15) is 4.21 Å². The smallest absolute Gasteiger partial charge is 0.120 e. The Bertz CT molecular complexity index is 224. The van der Waals surface area contributed by atoms with Crippen molar-refractivity contribution in [1.82, 2.24) is 0 Å². The van der Waals surface area contributed by atoms with Gasteiger partial charge in [0.2, 0.25) is 0 Å². The fourth-order valence-corrected chi connectivity index (χ4v) is 2.43. The van der Waals surface area contributed by atoms with Crippen LogP contribution in [0.1, 0.15) is 25.7 Å². The maximum atomic E-state index is 11.0. The summed E-state index contributed by atoms with van der Waals surface area (Å²) in [5.41, 5.74) is 1.10. The lowest BCUT2D eigenvalue weighted by molar-refractivity contribution is 0.133. The fraction of sp³-hybridized carbons (Fsp3) is 0.889. The topological polar surface area (TPSA) is 38.7 Å². The zero-order valence-electron chi connectivity index (χ0n) is 7.70. The summed E-state index contributed by atoms with van der Waals surface area (Å²) in [5, 5.41) is 4.08. The predicted octanol–water partition coefficient (Wildman–Crippen LogP) is 1.31. The van der Waals surface area contributed by atoms with Gasteiger partial charge in [0, 0.05) is 35.1 Å². The molecule has 0 bridgehead atoms. The first kappa shape index (κ1) is 9.19. The Morgan fingerprint density at radius 2 is 2.08 bits per heavy atom. The lowest BCUT2D eigenvalue weighted by atomic mass is 10.2. The number of rotatable bonds is 3. The first-order valence-electron chi connectivity index (χ1n) is 4.87. The minimum absolute atomic E-state index is 0.599. The Morgan fingerprint density at radius 1 is 1.38 bits per heavy atom. The molecule has 2 aliphatic rings. The van der Waals surface area contributed by atoms with Crippen molar-refractivity contribution >= 4 is 16.5 Å². The molecule has 2 fully saturated rings. The van der Waals surface area contributed by atoms with Crippen molar-refractivity contribution in [2.45, 2.75) is 25.7 Å². The molecule has 0 radical (unpaired) electrons. The van der Waals surface area contributed by atoms with Crippen LogP contribution in [-0.2, 0) is 15.6 Å². The summed E-state index contributed by atoms with van der Waals surface area (Å²) < 4.78 is 11.0. The highest BCUT2D eigenvalue weighted by molar-refractivity contribution is 7.85. The zero-order chi connectivity index (χ0) is 9.10. The lowest BCUT2D eigenvalue weighted by Gasteiger charge is -2.11. The van der Waals surface area contributed by atoms with E-state index < -0.39 is 10.8 Å². The minimum atomic E-state index is -0.599. The third-order valence-corrected chi connectivity index (χ3v) is 3.76. The number of hydrogen-bond donors (Lipinski definition) is 0. The van der Waals surface area contributed by atoms with Crippen LogP contribution in [0.25, 0.3) is 0 Å². The SMILES string of the molecule is O=S1CCC(=NOCC2CC2)CC1. The first-order valence-corrected chi connectivity index (χ1v) is 6.36. The Balaban J connectivity index is 1.69. The van der Waals surface area contributed by atoms with Gasteiger partial charge in [0.15, 0.2) is 0 Å². The van der Waals surface area contributed by atoms with E-state index in [1.54, 1.807) is 0 Å². The fourth-order valence-electron chi connectivity index (χ4n) is 1.30. The van der Waals surface area contributed by atoms with Gasteiger partial charge in [-0.15, -0.1) is 0 Å². The van der Waals surface area contributed by atoms with E-state index in [0.29, 0.717) is 0 Å². The Morgan fingerprint density at radius 3 is 2.69 bits per heavy atom. The van der Waals surface area contributed by atoms with Gasteiger partial charge in [0.1, 0.15) is 6.61 Å². The second kappa shape index (κ2) is 4.22. The van der Waals surface area contributed by atoms with Gasteiger partial charge in [0.25, 0.3) is 0 Å². The lowest BCUT2D eigenvalue weighted by Crippen LogP contribution is -2.18. The van der Waals surface area contributed by atoms with E-state index in [1.165, 1.54) is 12.8 Å². The molecule has 74 valence electrons. The molecule has 4 heteroatoms. The quantitative estimate of drug-likeness (QED) is 0.646. The normalized spacial score (nSPS) is 28.6. The molecule has 0 unspecified atom stereocenters. The summed E-state index contributed by atoms with van der Waals surface area (Å²) in [7, 11) is -0.599. The summed E-state index contributed by atoms with van der Waals surface area (Å²) in [6, 6.07) is 0. The zero-order valence-corrected chi connectivity index (χ0v) is 8.52. The van der Waals surface area contributed by atoms with Crippen LogP contribution in [0.4, 0.5) is 0 Å². The Kier molecular flexibility index (Phi) is 2.98. The second-order valence-electron chi connectivity index (χ2n) is 3.74. The van der Waals surface area contributed by atoms with Crippen LogP contribution in [-0.4, -0.2) is 28.0 Å². The second-order valence-corrected chi connectivity index (χ2v) is 5.44. The van der Waals surface area contributed by atoms with Crippen LogP contribution < -0.4 is 0 Å². The Labute approximate surface area is 81.0 Å². The molecule has 0 N–H and O–H groups in total. The molecule has 0 aromatic carbocycles. The summed E-state index contributed by atoms with van der Waals surface area (Å²) >= 11 is 0. The molecular formula is C9H15NO2S. The average Bonchev–Trinajstić information content (AvgIpc) is 2.92. The van der Waals surface area contributed by atoms with Crippen LogP contribution in [0.15, 0.2) is 5.16 Å². The average molecular weight is 201 g/mol. The molecule has 13 heavy (non-hydrogen) atoms. The highest BCUT2D eigenvalue weighted by Gasteiger charge is 2.22. The molecule has 1 aliphatic heterocycles. The van der Waals surface area contributed by atoms with Gasteiger partial charge in [-0.05, 0) is 18.8 Å². The molecule has 0 atom stereocenters. The third kappa shape index (κ3) is 3.10. The van der Waals surface area contributed by atoms with E-state index in [2.05, 4.69) is 5.16 Å². The molecule has 0 spiro atoms. The van der Waals surface area contributed by atoms with Crippen molar-refractivity contribution in [2.24, 2.45) is 11.1 Å². The van der Waals surface area contributed by atoms with Crippen molar-refractivity contribution in [3.63, 3.8) is 0 Å². The highest BCUT2D eigenvalue weighted by atomic mass is 32.2. The summed E-state index contributed by atoms with van der Waals surface area (Å²) in [5.74, 6) is 2.30. The molecule has 0 amide bonds. The van der Waals surface area contributed by atoms with E-state index in [1.807, 2.05) is 0 Å². The molecule has 1 saturated carbocycles. The van der Waals surface area contributed by atoms with Crippen molar-refractivity contribution < 1.29 is 9.05 Å². The Hall–Kier alpha value is -0.380. The van der Waals surface area contributed by atoms with Gasteiger partial charge in [-0.1, -0.05) is 5.16 Å². The molecule has 1 aliphatic carbocycles. The molecular weight excluding hydrogens is 186 g/mol. The van der Waals surface area contributed by atoms with Crippen LogP contribution >= 0.6 is 0 Å². The van der Waals surface area contributed by atoms with Gasteiger partial charge < -0.3 is 4.84 Å². The number of hydrogen-bond acceptors (Lipinski definition) is 3. The van der Waals surface area contributed by atoms with Gasteiger partial charge >= 0.3 is 0 Å². The van der Waals surface area contributed by atoms with Crippen molar-refractivity contribution in [1.29, 1.82) is 0 Å². The van der Waals surface area contributed by atoms with Crippen LogP contribution in [0, 0.1) is 5.92 Å². The number of oxime groups is 1. The van der Waals surface area contributed by atoms with Crippen molar-refractivity contribution in [2.75, 3.05) is 18.1 Å². The minimum Gasteiger partial charge on any atom is -0.396 e. The van der Waals surface area contributed by atoms with Gasteiger partial charge in [-0.3, -0.25) is 4.21 Å². The van der Waals surface area contributed by atoms with E-state index in [-0.39, 0.29) is 0 Å². The number of nitrogens with zero attached hydrogens (tertiary/aromatic N) is 1. The maximum absolute atomic E-state index is 11.0. The molecule has 0 aromatic heterocycles. The maximum Gasteiger partial charge on any atom is 0.120 e. The molecule has 1 heterocycles. The molecule has 3 nitrogen and oxygen atoms in total. The van der Waals surface area contributed by atoms with Gasteiger partial charge in [-0.2, -0.15) is 0 Å². The first-order chi connectivity index (χ1) is 6.34. The van der Waals surface area contributed by atoms with E-state index in [0.717, 1.165) is 42.6 Å². The van der Waals surface area contributed by atoms with Crippen LogP contribution in [0.2, 0.25) is 0 Å². The predicted molar refractivity (Wildman–Crippen MR) is 53.2 cm³/mol. The van der Waals surface area contributed by atoms with Gasteiger partial charge in [0.05, 0.1) is 5.71 Å². The van der Waals surface area contributed by atoms with E-state index in [4.69, 9.17) is 4.84 Å². The standard InChI is InChI=1S/C9H15NO2S/c11-13-5-3-9(4-6-13)10-12-7-8-1-2-8/h8H,1-7H2. The van der Waals surface area contributed by atoms with Crippen molar-refractivity contribution in [3.8, 4) is 0 Å². The monoisotopic (exact) mass is 201 g/mol. The largest absolute Gasteiger partial charge is 0.396 e. The summed E-state index contributed by atoms with van der Waals surface area (Å²) in [6.45, 7) is 0.784. The molecule has 0 aromatic rings. The van der Waals surface area contributed by atoms with Crippen LogP contribution in [0.3, 0.4) is 0 Å². The van der Waals surface area contributed by atoms with Gasteiger partial charge in [-0.25, -0.2) is 0 Å². The third-order valence-electron chi connectivity index (χ3n) is 2.44.